The number of ether oxygens (including phenoxy) is 1. The molecule has 2 aromatic rings. The first kappa shape index (κ1) is 20.3. The van der Waals surface area contributed by atoms with Crippen LogP contribution in [0.15, 0.2) is 46.9 Å². The Morgan fingerprint density at radius 2 is 1.70 bits per heavy atom. The Bertz CT molecular complexity index is 904. The topological polar surface area (TPSA) is 123 Å². The molecule has 9 nitrogen and oxygen atoms in total. The van der Waals surface area contributed by atoms with Gasteiger partial charge in [0.1, 0.15) is 5.75 Å². The van der Waals surface area contributed by atoms with Gasteiger partial charge in [0.15, 0.2) is 5.11 Å². The van der Waals surface area contributed by atoms with E-state index in [0.717, 1.165) is 0 Å². The van der Waals surface area contributed by atoms with Crippen molar-refractivity contribution in [2.45, 2.75) is 0 Å². The Labute approximate surface area is 167 Å². The van der Waals surface area contributed by atoms with E-state index in [0.29, 0.717) is 15.8 Å². The number of nitro groups is 1. The maximum atomic E-state index is 12.1. The molecule has 0 heterocycles. The molecule has 0 aliphatic rings. The second-order valence-corrected chi connectivity index (χ2v) is 6.28. The molecule has 0 radical (unpaired) electrons. The average Bonchev–Trinajstić information content (AvgIpc) is 2.66. The minimum atomic E-state index is -0.580. The van der Waals surface area contributed by atoms with Gasteiger partial charge in [-0.2, -0.15) is 0 Å². The summed E-state index contributed by atoms with van der Waals surface area (Å²) in [5.41, 5.74) is 5.13. The maximum absolute atomic E-state index is 12.1. The van der Waals surface area contributed by atoms with Gasteiger partial charge < -0.3 is 4.74 Å². The Kier molecular flexibility index (Phi) is 6.79. The third-order valence-corrected chi connectivity index (χ3v) is 4.09. The first-order valence-electron chi connectivity index (χ1n) is 7.31. The fraction of sp³-hybridized carbons (Fsp3) is 0.0625. The van der Waals surface area contributed by atoms with Crippen LogP contribution in [0.1, 0.15) is 20.7 Å². The van der Waals surface area contributed by atoms with E-state index in [9.17, 15) is 19.7 Å². The van der Waals surface area contributed by atoms with Crippen LogP contribution < -0.4 is 20.9 Å². The zero-order chi connectivity index (χ0) is 20.0. The molecule has 11 heteroatoms. The van der Waals surface area contributed by atoms with Gasteiger partial charge in [0.2, 0.25) is 0 Å². The van der Waals surface area contributed by atoms with Gasteiger partial charge in [0.25, 0.3) is 17.5 Å². The number of thiocarbonyl (C=S) groups is 1. The summed E-state index contributed by atoms with van der Waals surface area (Å²) in [5.74, 6) is -0.487. The lowest BCUT2D eigenvalue weighted by Gasteiger charge is -2.11. The van der Waals surface area contributed by atoms with Gasteiger partial charge in [-0.1, -0.05) is 0 Å². The van der Waals surface area contributed by atoms with Crippen LogP contribution in [0.25, 0.3) is 0 Å². The molecule has 0 saturated heterocycles. The number of nitrogens with zero attached hydrogens (tertiary/aromatic N) is 1. The monoisotopic (exact) mass is 452 g/mol. The van der Waals surface area contributed by atoms with E-state index >= 15 is 0 Å². The number of nitrogens with one attached hydrogen (secondary N) is 3. The van der Waals surface area contributed by atoms with Gasteiger partial charge >= 0.3 is 0 Å². The highest BCUT2D eigenvalue weighted by molar-refractivity contribution is 9.10. The lowest BCUT2D eigenvalue weighted by molar-refractivity contribution is -0.384. The fourth-order valence-corrected chi connectivity index (χ4v) is 2.62. The highest BCUT2D eigenvalue weighted by Crippen LogP contribution is 2.25. The molecule has 0 aliphatic carbocycles. The van der Waals surface area contributed by atoms with Crippen molar-refractivity contribution in [3.8, 4) is 5.75 Å². The van der Waals surface area contributed by atoms with Crippen molar-refractivity contribution in [1.82, 2.24) is 16.2 Å². The summed E-state index contributed by atoms with van der Waals surface area (Å²) in [4.78, 5) is 34.1. The van der Waals surface area contributed by atoms with Crippen LogP contribution in [0.5, 0.6) is 5.75 Å². The lowest BCUT2D eigenvalue weighted by atomic mass is 10.2. The molecule has 0 atom stereocenters. The average molecular weight is 453 g/mol. The smallest absolute Gasteiger partial charge is 0.269 e. The minimum Gasteiger partial charge on any atom is -0.496 e. The summed E-state index contributed by atoms with van der Waals surface area (Å²) in [6.45, 7) is 0. The Hall–Kier alpha value is -3.05. The first-order valence-corrected chi connectivity index (χ1v) is 8.51. The van der Waals surface area contributed by atoms with Crippen LogP contribution in [0.4, 0.5) is 5.69 Å². The molecule has 3 N–H and O–H groups in total. The second-order valence-electron chi connectivity index (χ2n) is 5.02. The summed E-state index contributed by atoms with van der Waals surface area (Å²) in [7, 11) is 1.51. The molecular weight excluding hydrogens is 440 g/mol. The van der Waals surface area contributed by atoms with Gasteiger partial charge in [-0.3, -0.25) is 35.9 Å². The number of carbonyl (C=O) groups is 2. The molecular formula is C16H13BrN4O5S. The quantitative estimate of drug-likeness (QED) is 0.369. The van der Waals surface area contributed by atoms with Crippen LogP contribution in [0.2, 0.25) is 0 Å². The van der Waals surface area contributed by atoms with E-state index in [2.05, 4.69) is 32.1 Å². The van der Waals surface area contributed by atoms with E-state index < -0.39 is 16.7 Å². The number of methoxy groups -OCH3 is 1. The van der Waals surface area contributed by atoms with E-state index in [1.165, 1.54) is 31.4 Å². The normalized spacial score (nSPS) is 9.85. The zero-order valence-electron chi connectivity index (χ0n) is 13.8. The summed E-state index contributed by atoms with van der Waals surface area (Å²) in [6.07, 6.45) is 0. The standard InChI is InChI=1S/C16H13BrN4O5S/c1-26-13-7-4-10(8-12(13)17)15(23)19-20-16(27)18-14(22)9-2-5-11(6-3-9)21(24)25/h2-8H,1H3,(H,19,23)(H2,18,20,22,27). The number of nitro benzene ring substituents is 1. The van der Waals surface area contributed by atoms with Crippen LogP contribution in [0, 0.1) is 10.1 Å². The largest absolute Gasteiger partial charge is 0.496 e. The van der Waals surface area contributed by atoms with Crippen molar-refractivity contribution in [2.75, 3.05) is 7.11 Å². The summed E-state index contributed by atoms with van der Waals surface area (Å²) >= 11 is 8.21. The number of rotatable bonds is 4. The molecule has 0 aromatic heterocycles. The predicted octanol–water partition coefficient (Wildman–Crippen LogP) is 2.32. The first-order chi connectivity index (χ1) is 12.8. The number of carbonyl (C=O) groups excluding carboxylic acids is 2. The van der Waals surface area contributed by atoms with Crippen LogP contribution in [0.3, 0.4) is 0 Å². The number of hydrazine groups is 1. The van der Waals surface area contributed by atoms with Crippen molar-refractivity contribution in [3.63, 3.8) is 0 Å². The number of hydrogen-bond acceptors (Lipinski definition) is 6. The fourth-order valence-electron chi connectivity index (χ4n) is 1.93. The summed E-state index contributed by atoms with van der Waals surface area (Å²) < 4.78 is 5.69. The molecule has 27 heavy (non-hydrogen) atoms. The van der Waals surface area contributed by atoms with E-state index in [-0.39, 0.29) is 16.4 Å². The van der Waals surface area contributed by atoms with E-state index in [1.54, 1.807) is 18.2 Å². The van der Waals surface area contributed by atoms with Crippen LogP contribution in [-0.4, -0.2) is 29.0 Å². The number of non-ortho nitro benzene ring substituents is 1. The molecule has 0 saturated carbocycles. The molecule has 140 valence electrons. The molecule has 0 unspecified atom stereocenters. The SMILES string of the molecule is COc1ccc(C(=O)NNC(=S)NC(=O)c2ccc([N+](=O)[O-])cc2)cc1Br. The van der Waals surface area contributed by atoms with Crippen molar-refractivity contribution in [1.29, 1.82) is 0 Å². The second kappa shape index (κ2) is 9.05. The van der Waals surface area contributed by atoms with E-state index in [4.69, 9.17) is 17.0 Å². The van der Waals surface area contributed by atoms with Crippen molar-refractivity contribution >= 4 is 50.8 Å². The summed E-state index contributed by atoms with van der Waals surface area (Å²) in [6, 6.07) is 9.73. The Balaban J connectivity index is 1.89. The zero-order valence-corrected chi connectivity index (χ0v) is 16.2. The van der Waals surface area contributed by atoms with Crippen LogP contribution >= 0.6 is 28.1 Å². The summed E-state index contributed by atoms with van der Waals surface area (Å²) in [5, 5.41) is 12.8. The van der Waals surface area contributed by atoms with E-state index in [1.807, 2.05) is 0 Å². The van der Waals surface area contributed by atoms with Gasteiger partial charge in [0.05, 0.1) is 16.5 Å². The molecule has 2 amide bonds. The van der Waals surface area contributed by atoms with Crippen LogP contribution in [-0.2, 0) is 0 Å². The Morgan fingerprint density at radius 3 is 2.26 bits per heavy atom. The highest BCUT2D eigenvalue weighted by Gasteiger charge is 2.12. The maximum Gasteiger partial charge on any atom is 0.269 e. The van der Waals surface area contributed by atoms with Gasteiger partial charge in [-0.25, -0.2) is 0 Å². The third kappa shape index (κ3) is 5.46. The number of amides is 2. The molecule has 2 rings (SSSR count). The van der Waals surface area contributed by atoms with Crippen molar-refractivity contribution in [3.05, 3.63) is 68.2 Å². The van der Waals surface area contributed by atoms with Gasteiger partial charge in [-0.05, 0) is 58.5 Å². The van der Waals surface area contributed by atoms with Gasteiger partial charge in [-0.15, -0.1) is 0 Å². The lowest BCUT2D eigenvalue weighted by Crippen LogP contribution is -2.48. The number of halogens is 1. The highest BCUT2D eigenvalue weighted by atomic mass is 79.9. The predicted molar refractivity (Wildman–Crippen MR) is 104 cm³/mol. The number of hydrogen-bond donors (Lipinski definition) is 3. The van der Waals surface area contributed by atoms with Crippen molar-refractivity contribution in [2.24, 2.45) is 0 Å². The Morgan fingerprint density at radius 1 is 1.07 bits per heavy atom. The molecule has 2 aromatic carbocycles. The minimum absolute atomic E-state index is 0.134. The van der Waals surface area contributed by atoms with Gasteiger partial charge in [0, 0.05) is 23.3 Å². The molecule has 0 spiro atoms. The van der Waals surface area contributed by atoms with Crippen molar-refractivity contribution < 1.29 is 19.2 Å². The molecule has 0 aliphatic heterocycles. The molecule has 0 fully saturated rings. The third-order valence-electron chi connectivity index (χ3n) is 3.27. The molecule has 0 bridgehead atoms. The number of benzene rings is 2.